The Balaban J connectivity index is 2.24. The highest BCUT2D eigenvalue weighted by molar-refractivity contribution is 7.89. The second kappa shape index (κ2) is 6.17. The zero-order chi connectivity index (χ0) is 15.5. The molecule has 7 nitrogen and oxygen atoms in total. The molecule has 1 aromatic heterocycles. The van der Waals surface area contributed by atoms with Crippen LogP contribution in [0.5, 0.6) is 0 Å². The monoisotopic (exact) mass is 327 g/mol. The molecule has 0 aliphatic carbocycles. The second-order valence-corrected chi connectivity index (χ2v) is 6.23. The molecule has 2 aromatic rings. The Hall–Kier alpha value is -2.03. The van der Waals surface area contributed by atoms with Gasteiger partial charge < -0.3 is 0 Å². The number of hydrogen-bond acceptors (Lipinski definition) is 5. The summed E-state index contributed by atoms with van der Waals surface area (Å²) in [5.74, 6) is 0. The van der Waals surface area contributed by atoms with Crippen molar-refractivity contribution in [2.45, 2.75) is 11.4 Å². The van der Waals surface area contributed by atoms with Gasteiger partial charge in [0, 0.05) is 25.0 Å². The van der Waals surface area contributed by atoms with Gasteiger partial charge in [-0.05, 0) is 23.8 Å². The van der Waals surface area contributed by atoms with Crippen LogP contribution in [0.2, 0.25) is 5.02 Å². The van der Waals surface area contributed by atoms with E-state index in [0.29, 0.717) is 5.56 Å². The summed E-state index contributed by atoms with van der Waals surface area (Å²) in [7, 11) is -3.87. The molecule has 1 N–H and O–H groups in total. The normalized spacial score (nSPS) is 11.3. The molecule has 0 saturated heterocycles. The summed E-state index contributed by atoms with van der Waals surface area (Å²) in [5, 5.41) is 10.7. The number of aromatic nitrogens is 1. The van der Waals surface area contributed by atoms with Gasteiger partial charge in [-0.2, -0.15) is 0 Å². The van der Waals surface area contributed by atoms with Gasteiger partial charge in [0.25, 0.3) is 5.69 Å². The van der Waals surface area contributed by atoms with Gasteiger partial charge in [0.2, 0.25) is 10.0 Å². The summed E-state index contributed by atoms with van der Waals surface area (Å²) in [4.78, 5) is 13.7. The summed E-state index contributed by atoms with van der Waals surface area (Å²) in [5.41, 5.74) is 0.213. The first kappa shape index (κ1) is 15.4. The number of nitrogens with zero attached hydrogens (tertiary/aromatic N) is 2. The molecular formula is C12H10ClN3O4S. The van der Waals surface area contributed by atoms with Crippen molar-refractivity contribution in [1.29, 1.82) is 0 Å². The molecular weight excluding hydrogens is 318 g/mol. The minimum atomic E-state index is -3.87. The lowest BCUT2D eigenvalue weighted by atomic mass is 10.3. The van der Waals surface area contributed by atoms with E-state index in [9.17, 15) is 18.5 Å². The van der Waals surface area contributed by atoms with Crippen LogP contribution in [-0.2, 0) is 16.6 Å². The lowest BCUT2D eigenvalue weighted by Gasteiger charge is -2.07. The van der Waals surface area contributed by atoms with E-state index in [1.165, 1.54) is 18.3 Å². The van der Waals surface area contributed by atoms with Crippen molar-refractivity contribution < 1.29 is 13.3 Å². The number of hydrogen-bond donors (Lipinski definition) is 1. The fourth-order valence-electron chi connectivity index (χ4n) is 1.56. The molecule has 0 fully saturated rings. The molecule has 0 radical (unpaired) electrons. The Labute approximate surface area is 125 Å². The van der Waals surface area contributed by atoms with Gasteiger partial charge in [-0.25, -0.2) is 13.1 Å². The molecule has 0 spiro atoms. The summed E-state index contributed by atoms with van der Waals surface area (Å²) < 4.78 is 26.5. The molecule has 110 valence electrons. The second-order valence-electron chi connectivity index (χ2n) is 4.06. The molecule has 9 heteroatoms. The van der Waals surface area contributed by atoms with Crippen LogP contribution in [0.25, 0.3) is 0 Å². The Morgan fingerprint density at radius 2 is 2.10 bits per heavy atom. The number of sulfonamides is 1. The van der Waals surface area contributed by atoms with Crippen LogP contribution in [0.3, 0.4) is 0 Å². The van der Waals surface area contributed by atoms with Crippen LogP contribution in [0.1, 0.15) is 5.56 Å². The van der Waals surface area contributed by atoms with Crippen LogP contribution in [0.15, 0.2) is 47.6 Å². The number of benzene rings is 1. The molecule has 0 unspecified atom stereocenters. The highest BCUT2D eigenvalue weighted by atomic mass is 35.5. The molecule has 21 heavy (non-hydrogen) atoms. The van der Waals surface area contributed by atoms with Crippen molar-refractivity contribution in [1.82, 2.24) is 9.71 Å². The van der Waals surface area contributed by atoms with Gasteiger partial charge in [-0.3, -0.25) is 15.1 Å². The quantitative estimate of drug-likeness (QED) is 0.669. The minimum Gasteiger partial charge on any atom is -0.264 e. The van der Waals surface area contributed by atoms with Crippen molar-refractivity contribution in [3.8, 4) is 0 Å². The number of halogens is 1. The standard InChI is InChI=1S/C12H10ClN3O4S/c13-11-4-3-10(6-12(11)16(17)18)21(19,20)15-8-9-2-1-5-14-7-9/h1-7,15H,8H2. The summed E-state index contributed by atoms with van der Waals surface area (Å²) in [6, 6.07) is 6.70. The lowest BCUT2D eigenvalue weighted by Crippen LogP contribution is -2.23. The first-order valence-corrected chi connectivity index (χ1v) is 7.59. The smallest absolute Gasteiger partial charge is 0.264 e. The number of nitro groups is 1. The first-order chi connectivity index (χ1) is 9.90. The number of pyridine rings is 1. The molecule has 0 bridgehead atoms. The van der Waals surface area contributed by atoms with Gasteiger partial charge >= 0.3 is 0 Å². The van der Waals surface area contributed by atoms with Crippen LogP contribution in [0.4, 0.5) is 5.69 Å². The van der Waals surface area contributed by atoms with Crippen molar-refractivity contribution in [2.75, 3.05) is 0 Å². The van der Waals surface area contributed by atoms with Crippen LogP contribution in [-0.4, -0.2) is 18.3 Å². The summed E-state index contributed by atoms with van der Waals surface area (Å²) >= 11 is 5.65. The maximum Gasteiger partial charge on any atom is 0.289 e. The maximum atomic E-state index is 12.1. The first-order valence-electron chi connectivity index (χ1n) is 5.72. The average molecular weight is 328 g/mol. The fraction of sp³-hybridized carbons (Fsp3) is 0.0833. The van der Waals surface area contributed by atoms with E-state index in [1.807, 2.05) is 0 Å². The van der Waals surface area contributed by atoms with Gasteiger partial charge in [0.15, 0.2) is 0 Å². The van der Waals surface area contributed by atoms with Crippen molar-refractivity contribution in [3.05, 3.63) is 63.4 Å². The number of rotatable bonds is 5. The molecule has 1 heterocycles. The van der Waals surface area contributed by atoms with Crippen LogP contribution < -0.4 is 4.72 Å². The minimum absolute atomic E-state index is 0.0343. The number of nitrogens with one attached hydrogen (secondary N) is 1. The average Bonchev–Trinajstić information content (AvgIpc) is 2.46. The predicted octanol–water partition coefficient (Wildman–Crippen LogP) is 2.12. The fourth-order valence-corrected chi connectivity index (χ4v) is 2.79. The van der Waals surface area contributed by atoms with Crippen molar-refractivity contribution in [3.63, 3.8) is 0 Å². The molecule has 0 aliphatic heterocycles. The van der Waals surface area contributed by atoms with Gasteiger partial charge in [0.05, 0.1) is 9.82 Å². The molecule has 0 saturated carbocycles. The van der Waals surface area contributed by atoms with E-state index in [-0.39, 0.29) is 16.5 Å². The van der Waals surface area contributed by atoms with E-state index < -0.39 is 20.6 Å². The SMILES string of the molecule is O=[N+]([O-])c1cc(S(=O)(=O)NCc2cccnc2)ccc1Cl. The van der Waals surface area contributed by atoms with E-state index >= 15 is 0 Å². The van der Waals surface area contributed by atoms with Crippen LogP contribution in [0, 0.1) is 10.1 Å². The molecule has 0 aliphatic rings. The zero-order valence-corrected chi connectivity index (χ0v) is 12.1. The predicted molar refractivity (Wildman–Crippen MR) is 76.4 cm³/mol. The Morgan fingerprint density at radius 1 is 1.33 bits per heavy atom. The topological polar surface area (TPSA) is 102 Å². The third kappa shape index (κ3) is 3.75. The largest absolute Gasteiger partial charge is 0.289 e. The third-order valence-corrected chi connectivity index (χ3v) is 4.33. The molecule has 0 atom stereocenters. The van der Waals surface area contributed by atoms with E-state index in [4.69, 9.17) is 11.6 Å². The summed E-state index contributed by atoms with van der Waals surface area (Å²) in [6.07, 6.45) is 3.09. The van der Waals surface area contributed by atoms with E-state index in [1.54, 1.807) is 18.3 Å². The third-order valence-electron chi connectivity index (χ3n) is 2.61. The molecule has 1 aromatic carbocycles. The van der Waals surface area contributed by atoms with Crippen molar-refractivity contribution in [2.24, 2.45) is 0 Å². The van der Waals surface area contributed by atoms with Gasteiger partial charge in [-0.1, -0.05) is 17.7 Å². The highest BCUT2D eigenvalue weighted by Gasteiger charge is 2.20. The van der Waals surface area contributed by atoms with Crippen LogP contribution >= 0.6 is 11.6 Å². The Kier molecular flexibility index (Phi) is 4.51. The molecule has 0 amide bonds. The zero-order valence-electron chi connectivity index (χ0n) is 10.6. The van der Waals surface area contributed by atoms with Gasteiger partial charge in [0.1, 0.15) is 5.02 Å². The Bertz CT molecular complexity index is 765. The van der Waals surface area contributed by atoms with E-state index in [2.05, 4.69) is 9.71 Å². The summed E-state index contributed by atoms with van der Waals surface area (Å²) in [6.45, 7) is 0.0343. The van der Waals surface area contributed by atoms with Gasteiger partial charge in [-0.15, -0.1) is 0 Å². The highest BCUT2D eigenvalue weighted by Crippen LogP contribution is 2.27. The van der Waals surface area contributed by atoms with Crippen molar-refractivity contribution >= 4 is 27.3 Å². The lowest BCUT2D eigenvalue weighted by molar-refractivity contribution is -0.384. The maximum absolute atomic E-state index is 12.1. The Morgan fingerprint density at radius 3 is 2.71 bits per heavy atom. The van der Waals surface area contributed by atoms with E-state index in [0.717, 1.165) is 6.07 Å². The number of nitro benzene ring substituents is 1. The molecule has 2 rings (SSSR count).